The fraction of sp³-hybridized carbons (Fsp3) is 0.235. The lowest BCUT2D eigenvalue weighted by molar-refractivity contribution is -0.119. The van der Waals surface area contributed by atoms with E-state index < -0.39 is 24.5 Å². The van der Waals surface area contributed by atoms with Gasteiger partial charge in [0.15, 0.2) is 6.61 Å². The molecule has 24 heavy (non-hydrogen) atoms. The van der Waals surface area contributed by atoms with Gasteiger partial charge in [-0.2, -0.15) is 0 Å². The minimum absolute atomic E-state index is 0.232. The van der Waals surface area contributed by atoms with Crippen LogP contribution >= 0.6 is 0 Å². The molecule has 0 atom stereocenters. The van der Waals surface area contributed by atoms with Crippen LogP contribution in [0, 0.1) is 0 Å². The smallest absolute Gasteiger partial charge is 0.355 e. The summed E-state index contributed by atoms with van der Waals surface area (Å²) in [5, 5.41) is 2.54. The number of anilines is 1. The van der Waals surface area contributed by atoms with E-state index in [-0.39, 0.29) is 12.2 Å². The summed E-state index contributed by atoms with van der Waals surface area (Å²) in [6.07, 6.45) is 1.70. The van der Waals surface area contributed by atoms with Crippen LogP contribution in [-0.4, -0.2) is 35.6 Å². The van der Waals surface area contributed by atoms with Crippen molar-refractivity contribution in [2.45, 2.75) is 6.92 Å². The molecular formula is C17H18N2O5. The Bertz CT molecular complexity index is 751. The molecule has 2 aromatic rings. The summed E-state index contributed by atoms with van der Waals surface area (Å²) in [6.45, 7) is 1.47. The number of carbonyl (C=O) groups is 3. The van der Waals surface area contributed by atoms with Gasteiger partial charge in [-0.05, 0) is 31.2 Å². The quantitative estimate of drug-likeness (QED) is 0.819. The number of esters is 2. The first-order chi connectivity index (χ1) is 11.5. The predicted molar refractivity (Wildman–Crippen MR) is 86.7 cm³/mol. The van der Waals surface area contributed by atoms with Gasteiger partial charge in [0.25, 0.3) is 5.91 Å². The van der Waals surface area contributed by atoms with Crippen LogP contribution in [0.4, 0.5) is 5.69 Å². The number of nitrogens with zero attached hydrogens (tertiary/aromatic N) is 1. The zero-order valence-corrected chi connectivity index (χ0v) is 13.4. The molecular weight excluding hydrogens is 312 g/mol. The SMILES string of the molecule is CCOC(=O)c1ccccc1NC(=O)COC(=O)c1cccn1C. The van der Waals surface area contributed by atoms with Gasteiger partial charge < -0.3 is 19.4 Å². The molecule has 1 amide bonds. The van der Waals surface area contributed by atoms with Gasteiger partial charge in [-0.15, -0.1) is 0 Å². The largest absolute Gasteiger partial charge is 0.462 e. The Balaban J connectivity index is 1.97. The number of hydrogen-bond donors (Lipinski definition) is 1. The number of benzene rings is 1. The van der Waals surface area contributed by atoms with Gasteiger partial charge in [0.1, 0.15) is 5.69 Å². The minimum Gasteiger partial charge on any atom is -0.462 e. The zero-order valence-electron chi connectivity index (χ0n) is 13.4. The number of aromatic nitrogens is 1. The number of rotatable bonds is 6. The molecule has 7 heteroatoms. The van der Waals surface area contributed by atoms with Crippen LogP contribution in [0.3, 0.4) is 0 Å². The number of nitrogens with one attached hydrogen (secondary N) is 1. The van der Waals surface area contributed by atoms with Gasteiger partial charge >= 0.3 is 11.9 Å². The summed E-state index contributed by atoms with van der Waals surface area (Å²) in [5.74, 6) is -1.68. The molecule has 0 aliphatic rings. The van der Waals surface area contributed by atoms with E-state index in [1.54, 1.807) is 61.1 Å². The maximum Gasteiger partial charge on any atom is 0.355 e. The van der Waals surface area contributed by atoms with Crippen molar-refractivity contribution in [3.63, 3.8) is 0 Å². The zero-order chi connectivity index (χ0) is 17.5. The Hall–Kier alpha value is -3.09. The monoisotopic (exact) mass is 330 g/mol. The van der Waals surface area contributed by atoms with Crippen molar-refractivity contribution >= 4 is 23.5 Å². The van der Waals surface area contributed by atoms with E-state index in [1.165, 1.54) is 0 Å². The second-order valence-corrected chi connectivity index (χ2v) is 4.89. The molecule has 0 radical (unpaired) electrons. The number of para-hydroxylation sites is 1. The third kappa shape index (κ3) is 4.22. The lowest BCUT2D eigenvalue weighted by atomic mass is 10.2. The van der Waals surface area contributed by atoms with Gasteiger partial charge in [0.2, 0.25) is 0 Å². The van der Waals surface area contributed by atoms with Gasteiger partial charge in [-0.1, -0.05) is 12.1 Å². The fourth-order valence-electron chi connectivity index (χ4n) is 2.04. The molecule has 0 aliphatic carbocycles. The summed E-state index contributed by atoms with van der Waals surface area (Å²) < 4.78 is 11.5. The van der Waals surface area contributed by atoms with Gasteiger partial charge in [-0.25, -0.2) is 9.59 Å². The van der Waals surface area contributed by atoms with Crippen LogP contribution in [0.2, 0.25) is 0 Å². The maximum atomic E-state index is 12.0. The maximum absolute atomic E-state index is 12.0. The number of amides is 1. The highest BCUT2D eigenvalue weighted by Gasteiger charge is 2.16. The molecule has 1 heterocycles. The second-order valence-electron chi connectivity index (χ2n) is 4.89. The summed E-state index contributed by atoms with van der Waals surface area (Å²) >= 11 is 0. The van der Waals surface area contributed by atoms with Crippen molar-refractivity contribution in [3.05, 3.63) is 53.9 Å². The van der Waals surface area contributed by atoms with Crippen molar-refractivity contribution in [2.75, 3.05) is 18.5 Å². The Kier molecular flexibility index (Phi) is 5.73. The first kappa shape index (κ1) is 17.3. The molecule has 0 aliphatic heterocycles. The molecule has 0 spiro atoms. The van der Waals surface area contributed by atoms with Crippen molar-refractivity contribution in [2.24, 2.45) is 7.05 Å². The summed E-state index contributed by atoms with van der Waals surface area (Å²) in [5.41, 5.74) is 0.882. The number of aryl methyl sites for hydroxylation is 1. The average Bonchev–Trinajstić information content (AvgIpc) is 2.99. The molecule has 2 rings (SSSR count). The lowest BCUT2D eigenvalue weighted by Gasteiger charge is -2.10. The van der Waals surface area contributed by atoms with Crippen molar-refractivity contribution in [1.82, 2.24) is 4.57 Å². The number of carbonyl (C=O) groups excluding carboxylic acids is 3. The van der Waals surface area contributed by atoms with Crippen LogP contribution in [0.5, 0.6) is 0 Å². The van der Waals surface area contributed by atoms with Crippen LogP contribution in [0.25, 0.3) is 0 Å². The predicted octanol–water partition coefficient (Wildman–Crippen LogP) is 2.00. The van der Waals surface area contributed by atoms with Crippen LogP contribution in [-0.2, 0) is 21.3 Å². The van der Waals surface area contributed by atoms with Gasteiger partial charge in [0.05, 0.1) is 17.9 Å². The molecule has 7 nitrogen and oxygen atoms in total. The summed E-state index contributed by atoms with van der Waals surface area (Å²) in [6, 6.07) is 9.75. The topological polar surface area (TPSA) is 86.6 Å². The van der Waals surface area contributed by atoms with Crippen molar-refractivity contribution in [1.29, 1.82) is 0 Å². The Morgan fingerprint density at radius 2 is 1.79 bits per heavy atom. The van der Waals surface area contributed by atoms with Gasteiger partial charge in [-0.3, -0.25) is 4.79 Å². The van der Waals surface area contributed by atoms with E-state index in [0.717, 1.165) is 0 Å². The fourth-order valence-corrected chi connectivity index (χ4v) is 2.04. The third-order valence-corrected chi connectivity index (χ3v) is 3.18. The van der Waals surface area contributed by atoms with Gasteiger partial charge in [0, 0.05) is 13.2 Å². The van der Waals surface area contributed by atoms with E-state index in [1.807, 2.05) is 0 Å². The molecule has 1 aromatic heterocycles. The molecule has 0 saturated carbocycles. The molecule has 0 bridgehead atoms. The molecule has 0 saturated heterocycles. The van der Waals surface area contributed by atoms with Crippen LogP contribution < -0.4 is 5.32 Å². The molecule has 1 aromatic carbocycles. The highest BCUT2D eigenvalue weighted by molar-refractivity contribution is 6.02. The Labute approximate surface area is 139 Å². The minimum atomic E-state index is -0.601. The highest BCUT2D eigenvalue weighted by atomic mass is 16.5. The normalized spacial score (nSPS) is 10.1. The Morgan fingerprint density at radius 1 is 1.04 bits per heavy atom. The highest BCUT2D eigenvalue weighted by Crippen LogP contribution is 2.16. The van der Waals surface area contributed by atoms with E-state index >= 15 is 0 Å². The van der Waals surface area contributed by atoms with Crippen molar-refractivity contribution in [3.8, 4) is 0 Å². The van der Waals surface area contributed by atoms with Crippen LogP contribution in [0.1, 0.15) is 27.8 Å². The molecule has 0 fully saturated rings. The third-order valence-electron chi connectivity index (χ3n) is 3.18. The molecule has 0 unspecified atom stereocenters. The molecule has 126 valence electrons. The van der Waals surface area contributed by atoms with E-state index in [4.69, 9.17) is 9.47 Å². The molecule has 1 N–H and O–H groups in total. The summed E-state index contributed by atoms with van der Waals surface area (Å²) in [7, 11) is 1.70. The first-order valence-electron chi connectivity index (χ1n) is 7.37. The first-order valence-corrected chi connectivity index (χ1v) is 7.37. The number of ether oxygens (including phenoxy) is 2. The van der Waals surface area contributed by atoms with E-state index in [2.05, 4.69) is 5.32 Å². The Morgan fingerprint density at radius 3 is 2.46 bits per heavy atom. The average molecular weight is 330 g/mol. The second kappa shape index (κ2) is 7.96. The standard InChI is InChI=1S/C17H18N2O5/c1-3-23-16(21)12-7-4-5-8-13(12)18-15(20)11-24-17(22)14-9-6-10-19(14)2/h4-10H,3,11H2,1-2H3,(H,18,20). The van der Waals surface area contributed by atoms with Crippen LogP contribution in [0.15, 0.2) is 42.6 Å². The van der Waals surface area contributed by atoms with E-state index in [0.29, 0.717) is 11.4 Å². The number of hydrogen-bond acceptors (Lipinski definition) is 5. The summed E-state index contributed by atoms with van der Waals surface area (Å²) in [4.78, 5) is 35.6. The van der Waals surface area contributed by atoms with Crippen molar-refractivity contribution < 1.29 is 23.9 Å². The lowest BCUT2D eigenvalue weighted by Crippen LogP contribution is -2.23. The van der Waals surface area contributed by atoms with E-state index in [9.17, 15) is 14.4 Å².